The molecule has 0 spiro atoms. The molecule has 0 atom stereocenters. The molecule has 0 radical (unpaired) electrons. The molecule has 142 valence electrons. The molecule has 1 aliphatic heterocycles. The molecule has 3 aromatic rings. The van der Waals surface area contributed by atoms with Crippen LogP contribution < -0.4 is 9.47 Å². The van der Waals surface area contributed by atoms with Crippen molar-refractivity contribution in [3.05, 3.63) is 80.3 Å². The lowest BCUT2D eigenvalue weighted by Gasteiger charge is -2.16. The quantitative estimate of drug-likeness (QED) is 0.393. The molecule has 4 rings (SSSR count). The van der Waals surface area contributed by atoms with Gasteiger partial charge in [0, 0.05) is 10.0 Å². The largest absolute Gasteiger partial charge is 0.508 e. The van der Waals surface area contributed by atoms with E-state index in [1.807, 2.05) is 38.1 Å². The van der Waals surface area contributed by atoms with Gasteiger partial charge in [-0.1, -0.05) is 30.3 Å². The number of rotatable bonds is 2. The lowest BCUT2D eigenvalue weighted by Crippen LogP contribution is -2.10. The van der Waals surface area contributed by atoms with Crippen LogP contribution >= 0.6 is 15.9 Å². The van der Waals surface area contributed by atoms with E-state index < -0.39 is 5.97 Å². The fourth-order valence-electron chi connectivity index (χ4n) is 3.43. The normalized spacial score (nSPS) is 12.5. The molecule has 0 aromatic heterocycles. The minimum atomic E-state index is -0.511. The van der Waals surface area contributed by atoms with Crippen LogP contribution in [-0.2, 0) is 6.42 Å². The summed E-state index contributed by atoms with van der Waals surface area (Å²) in [6.07, 6.45) is 0.720. The summed E-state index contributed by atoms with van der Waals surface area (Å²) in [5.74, 6) is 0.753. The van der Waals surface area contributed by atoms with Crippen LogP contribution in [0.4, 0.5) is 0 Å². The zero-order valence-corrected chi connectivity index (χ0v) is 17.4. The number of ether oxygens (including phenoxy) is 2. The minimum absolute atomic E-state index is 0.0687. The van der Waals surface area contributed by atoms with Crippen molar-refractivity contribution < 1.29 is 19.4 Å². The van der Waals surface area contributed by atoms with Crippen molar-refractivity contribution in [2.24, 2.45) is 0 Å². The first-order chi connectivity index (χ1) is 13.4. The molecular formula is C23H19BrO4. The molecule has 4 nitrogen and oxygen atoms in total. The first-order valence-corrected chi connectivity index (χ1v) is 9.75. The number of carbonyl (C=O) groups excluding carboxylic acids is 1. The topological polar surface area (TPSA) is 55.8 Å². The van der Waals surface area contributed by atoms with Crippen molar-refractivity contribution in [1.29, 1.82) is 0 Å². The molecule has 5 heteroatoms. The fraction of sp³-hybridized carbons (Fsp3) is 0.174. The summed E-state index contributed by atoms with van der Waals surface area (Å²) < 4.78 is 12.5. The van der Waals surface area contributed by atoms with Gasteiger partial charge >= 0.3 is 5.97 Å². The number of fused-ring (bicyclic) bond motifs is 2. The first-order valence-electron chi connectivity index (χ1n) is 8.96. The molecule has 0 amide bonds. The molecule has 3 aromatic carbocycles. The molecule has 28 heavy (non-hydrogen) atoms. The van der Waals surface area contributed by atoms with Crippen LogP contribution in [0.2, 0.25) is 0 Å². The minimum Gasteiger partial charge on any atom is -0.508 e. The Morgan fingerprint density at radius 1 is 0.929 bits per heavy atom. The number of phenolic OH excluding ortho intramolecular Hbond substituents is 1. The number of aromatic hydroxyl groups is 1. The number of halogens is 1. The maximum Gasteiger partial charge on any atom is 0.348 e. The SMILES string of the molecule is Cc1cc(O)c(C)c2c1Oc1c(C)c(Cc3ccccc3)cc(Br)c1C(=O)O2. The molecule has 0 aliphatic carbocycles. The van der Waals surface area contributed by atoms with E-state index in [0.717, 1.165) is 17.5 Å². The Morgan fingerprint density at radius 2 is 1.64 bits per heavy atom. The van der Waals surface area contributed by atoms with Gasteiger partial charge in [-0.2, -0.15) is 0 Å². The molecule has 0 saturated heterocycles. The summed E-state index contributed by atoms with van der Waals surface area (Å²) in [6.45, 7) is 5.46. The van der Waals surface area contributed by atoms with Gasteiger partial charge in [-0.05, 0) is 77.5 Å². The monoisotopic (exact) mass is 438 g/mol. The average Bonchev–Trinajstić information content (AvgIpc) is 2.82. The number of esters is 1. The second-order valence-electron chi connectivity index (χ2n) is 7.00. The van der Waals surface area contributed by atoms with Gasteiger partial charge in [0.25, 0.3) is 0 Å². The Morgan fingerprint density at radius 3 is 2.36 bits per heavy atom. The van der Waals surface area contributed by atoms with E-state index in [0.29, 0.717) is 32.7 Å². The smallest absolute Gasteiger partial charge is 0.348 e. The number of hydrogen-bond donors (Lipinski definition) is 1. The van der Waals surface area contributed by atoms with Crippen LogP contribution in [-0.4, -0.2) is 11.1 Å². The summed E-state index contributed by atoms with van der Waals surface area (Å²) in [5, 5.41) is 10.1. The van der Waals surface area contributed by atoms with Gasteiger partial charge in [-0.3, -0.25) is 0 Å². The van der Waals surface area contributed by atoms with Crippen molar-refractivity contribution in [3.8, 4) is 23.0 Å². The predicted molar refractivity (Wildman–Crippen MR) is 111 cm³/mol. The highest BCUT2D eigenvalue weighted by molar-refractivity contribution is 9.10. The van der Waals surface area contributed by atoms with Crippen molar-refractivity contribution in [1.82, 2.24) is 0 Å². The van der Waals surface area contributed by atoms with Gasteiger partial charge in [0.2, 0.25) is 0 Å². The van der Waals surface area contributed by atoms with Crippen molar-refractivity contribution in [3.63, 3.8) is 0 Å². The lowest BCUT2D eigenvalue weighted by molar-refractivity contribution is 0.0735. The lowest BCUT2D eigenvalue weighted by atomic mass is 9.97. The summed E-state index contributed by atoms with van der Waals surface area (Å²) in [7, 11) is 0. The van der Waals surface area contributed by atoms with Crippen molar-refractivity contribution in [2.75, 3.05) is 0 Å². The second kappa shape index (κ2) is 6.99. The fourth-order valence-corrected chi connectivity index (χ4v) is 4.05. The van der Waals surface area contributed by atoms with Crippen LogP contribution in [0.15, 0.2) is 46.9 Å². The van der Waals surface area contributed by atoms with E-state index in [-0.39, 0.29) is 11.5 Å². The van der Waals surface area contributed by atoms with Gasteiger partial charge in [0.05, 0.1) is 0 Å². The molecule has 1 N–H and O–H groups in total. The van der Waals surface area contributed by atoms with E-state index in [2.05, 4.69) is 28.1 Å². The molecule has 0 fully saturated rings. The standard InChI is InChI=1S/C23H19BrO4/c1-12-9-18(25)14(3)22-20(12)27-21-13(2)16(10-15-7-5-4-6-8-15)11-17(24)19(21)23(26)28-22/h4-9,11,25H,10H2,1-3H3. The second-order valence-corrected chi connectivity index (χ2v) is 7.85. The third-order valence-corrected chi connectivity index (χ3v) is 5.70. The predicted octanol–water partition coefficient (Wildman–Crippen LogP) is 6.00. The summed E-state index contributed by atoms with van der Waals surface area (Å²) in [4.78, 5) is 12.9. The Hall–Kier alpha value is -2.79. The van der Waals surface area contributed by atoms with Crippen LogP contribution in [0.25, 0.3) is 0 Å². The molecule has 1 heterocycles. The van der Waals surface area contributed by atoms with Crippen LogP contribution in [0, 0.1) is 20.8 Å². The van der Waals surface area contributed by atoms with Gasteiger partial charge in [-0.15, -0.1) is 0 Å². The van der Waals surface area contributed by atoms with Gasteiger partial charge in [-0.25, -0.2) is 4.79 Å². The van der Waals surface area contributed by atoms with E-state index >= 15 is 0 Å². The Balaban J connectivity index is 1.89. The first kappa shape index (κ1) is 18.6. The Labute approximate surface area is 171 Å². The van der Waals surface area contributed by atoms with Gasteiger partial charge in [0.1, 0.15) is 17.1 Å². The van der Waals surface area contributed by atoms with E-state index in [4.69, 9.17) is 9.47 Å². The molecule has 0 bridgehead atoms. The summed E-state index contributed by atoms with van der Waals surface area (Å²) in [6, 6.07) is 13.7. The number of aryl methyl sites for hydroxylation is 1. The van der Waals surface area contributed by atoms with E-state index in [1.54, 1.807) is 13.0 Å². The van der Waals surface area contributed by atoms with Crippen LogP contribution in [0.1, 0.15) is 38.2 Å². The average molecular weight is 439 g/mol. The Bertz CT molecular complexity index is 1100. The third-order valence-electron chi connectivity index (χ3n) is 5.07. The maximum absolute atomic E-state index is 12.9. The summed E-state index contributed by atoms with van der Waals surface area (Å²) in [5.41, 5.74) is 4.63. The highest BCUT2D eigenvalue weighted by atomic mass is 79.9. The number of hydrogen-bond acceptors (Lipinski definition) is 4. The highest BCUT2D eigenvalue weighted by Gasteiger charge is 2.31. The number of phenols is 1. The van der Waals surface area contributed by atoms with Crippen LogP contribution in [0.5, 0.6) is 23.0 Å². The highest BCUT2D eigenvalue weighted by Crippen LogP contribution is 2.47. The number of benzene rings is 3. The summed E-state index contributed by atoms with van der Waals surface area (Å²) >= 11 is 3.52. The molecule has 0 saturated carbocycles. The number of carbonyl (C=O) groups is 1. The van der Waals surface area contributed by atoms with E-state index in [9.17, 15) is 9.90 Å². The van der Waals surface area contributed by atoms with E-state index in [1.165, 1.54) is 5.56 Å². The van der Waals surface area contributed by atoms with Crippen molar-refractivity contribution >= 4 is 21.9 Å². The van der Waals surface area contributed by atoms with Crippen molar-refractivity contribution in [2.45, 2.75) is 27.2 Å². The van der Waals surface area contributed by atoms with Gasteiger partial charge < -0.3 is 14.6 Å². The maximum atomic E-state index is 12.9. The third kappa shape index (κ3) is 3.06. The van der Waals surface area contributed by atoms with Crippen LogP contribution in [0.3, 0.4) is 0 Å². The molecule has 1 aliphatic rings. The Kier molecular flexibility index (Phi) is 4.63. The molecular weight excluding hydrogens is 420 g/mol. The van der Waals surface area contributed by atoms with Gasteiger partial charge in [0.15, 0.2) is 11.5 Å². The molecule has 0 unspecified atom stereocenters. The zero-order chi connectivity index (χ0) is 20.0. The zero-order valence-electron chi connectivity index (χ0n) is 15.8.